The van der Waals surface area contributed by atoms with Gasteiger partial charge in [-0.25, -0.2) is 0 Å². The highest BCUT2D eigenvalue weighted by Gasteiger charge is 2.24. The van der Waals surface area contributed by atoms with E-state index >= 15 is 0 Å². The van der Waals surface area contributed by atoms with Crippen LogP contribution in [0.4, 0.5) is 0 Å². The van der Waals surface area contributed by atoms with Crippen LogP contribution in [-0.4, -0.2) is 55.8 Å². The van der Waals surface area contributed by atoms with Crippen LogP contribution in [0.25, 0.3) is 0 Å². The van der Waals surface area contributed by atoms with E-state index in [4.69, 9.17) is 4.52 Å². The standard InChI is InChI=1S/C18H30N6O/c1-5-24(12-18-19-15(4)25-22-18)16-7-6-9-23(10-8-16)11-17-13(2)20-21-14(17)3/h16H,5-12H2,1-4H3,(H,20,21)/t16-/m1/s1. The van der Waals surface area contributed by atoms with Gasteiger partial charge in [-0.3, -0.25) is 14.9 Å². The third-order valence-electron chi connectivity index (χ3n) is 5.29. The predicted molar refractivity (Wildman–Crippen MR) is 96.1 cm³/mol. The van der Waals surface area contributed by atoms with Gasteiger partial charge in [0.15, 0.2) is 5.82 Å². The maximum absolute atomic E-state index is 5.12. The number of aromatic amines is 1. The monoisotopic (exact) mass is 346 g/mol. The normalized spacial score (nSPS) is 19.5. The highest BCUT2D eigenvalue weighted by atomic mass is 16.5. The molecule has 2 aromatic rings. The van der Waals surface area contributed by atoms with Gasteiger partial charge in [-0.2, -0.15) is 10.1 Å². The summed E-state index contributed by atoms with van der Waals surface area (Å²) >= 11 is 0. The van der Waals surface area contributed by atoms with Crippen molar-refractivity contribution in [3.05, 3.63) is 28.7 Å². The molecule has 0 unspecified atom stereocenters. The molecule has 3 rings (SSSR count). The summed E-state index contributed by atoms with van der Waals surface area (Å²) in [7, 11) is 0. The first kappa shape index (κ1) is 18.1. The molecule has 7 nitrogen and oxygen atoms in total. The fourth-order valence-corrected chi connectivity index (χ4v) is 3.78. The lowest BCUT2D eigenvalue weighted by Gasteiger charge is -2.29. The zero-order valence-electron chi connectivity index (χ0n) is 15.9. The molecule has 1 aliphatic heterocycles. The van der Waals surface area contributed by atoms with Gasteiger partial charge < -0.3 is 4.52 Å². The van der Waals surface area contributed by atoms with Gasteiger partial charge in [0.1, 0.15) is 0 Å². The fraction of sp³-hybridized carbons (Fsp3) is 0.722. The number of nitrogens with zero attached hydrogens (tertiary/aromatic N) is 5. The molecule has 25 heavy (non-hydrogen) atoms. The van der Waals surface area contributed by atoms with Crippen LogP contribution in [-0.2, 0) is 13.1 Å². The lowest BCUT2D eigenvalue weighted by atomic mass is 10.1. The van der Waals surface area contributed by atoms with Crippen molar-refractivity contribution < 1.29 is 4.52 Å². The Kier molecular flexibility index (Phi) is 5.86. The van der Waals surface area contributed by atoms with Crippen molar-refractivity contribution in [1.82, 2.24) is 30.1 Å². The lowest BCUT2D eigenvalue weighted by Crippen LogP contribution is -2.36. The molecule has 1 N–H and O–H groups in total. The minimum atomic E-state index is 0.584. The van der Waals surface area contributed by atoms with Crippen LogP contribution in [0.1, 0.15) is 54.9 Å². The van der Waals surface area contributed by atoms with Crippen LogP contribution in [0.3, 0.4) is 0 Å². The number of likely N-dealkylation sites (tertiary alicyclic amines) is 1. The number of rotatable bonds is 6. The first-order valence-electron chi connectivity index (χ1n) is 9.32. The second-order valence-corrected chi connectivity index (χ2v) is 7.07. The summed E-state index contributed by atoms with van der Waals surface area (Å²) in [6, 6.07) is 0.584. The van der Waals surface area contributed by atoms with Gasteiger partial charge in [0.05, 0.1) is 12.2 Å². The van der Waals surface area contributed by atoms with Crippen LogP contribution < -0.4 is 0 Å². The van der Waals surface area contributed by atoms with E-state index < -0.39 is 0 Å². The molecule has 7 heteroatoms. The number of hydrogen-bond acceptors (Lipinski definition) is 6. The van der Waals surface area contributed by atoms with Crippen LogP contribution in [0.5, 0.6) is 0 Å². The molecule has 2 aromatic heterocycles. The van der Waals surface area contributed by atoms with Crippen LogP contribution in [0.2, 0.25) is 0 Å². The van der Waals surface area contributed by atoms with Crippen molar-refractivity contribution in [2.45, 2.75) is 66.1 Å². The number of hydrogen-bond donors (Lipinski definition) is 1. The summed E-state index contributed by atoms with van der Waals surface area (Å²) in [5.74, 6) is 1.44. The molecule has 1 atom stereocenters. The molecule has 0 saturated carbocycles. The maximum atomic E-state index is 5.12. The molecular formula is C18H30N6O. The molecule has 0 bridgehead atoms. The summed E-state index contributed by atoms with van der Waals surface area (Å²) in [5.41, 5.74) is 3.68. The molecule has 0 spiro atoms. The highest BCUT2D eigenvalue weighted by molar-refractivity contribution is 5.22. The summed E-state index contributed by atoms with van der Waals surface area (Å²) in [4.78, 5) is 9.42. The van der Waals surface area contributed by atoms with Crippen molar-refractivity contribution in [2.24, 2.45) is 0 Å². The van der Waals surface area contributed by atoms with Crippen LogP contribution in [0.15, 0.2) is 4.52 Å². The average Bonchev–Trinajstić information content (AvgIpc) is 3.04. The van der Waals surface area contributed by atoms with E-state index in [9.17, 15) is 0 Å². The Hall–Kier alpha value is -1.73. The molecular weight excluding hydrogens is 316 g/mol. The van der Waals surface area contributed by atoms with Crippen molar-refractivity contribution in [3.63, 3.8) is 0 Å². The van der Waals surface area contributed by atoms with E-state index in [1.165, 1.54) is 30.5 Å². The zero-order valence-corrected chi connectivity index (χ0v) is 15.9. The topological polar surface area (TPSA) is 74.1 Å². The molecule has 138 valence electrons. The molecule has 1 saturated heterocycles. The quantitative estimate of drug-likeness (QED) is 0.867. The summed E-state index contributed by atoms with van der Waals surface area (Å²) in [6.45, 7) is 13.3. The van der Waals surface area contributed by atoms with Crippen LogP contribution >= 0.6 is 0 Å². The molecule has 0 amide bonds. The van der Waals surface area contributed by atoms with Crippen molar-refractivity contribution in [3.8, 4) is 0 Å². The van der Waals surface area contributed by atoms with Gasteiger partial charge in [0, 0.05) is 30.8 Å². The lowest BCUT2D eigenvalue weighted by molar-refractivity contribution is 0.170. The van der Waals surface area contributed by atoms with Gasteiger partial charge in [-0.1, -0.05) is 12.1 Å². The van der Waals surface area contributed by atoms with Crippen molar-refractivity contribution in [2.75, 3.05) is 19.6 Å². The fourth-order valence-electron chi connectivity index (χ4n) is 3.78. The third kappa shape index (κ3) is 4.46. The maximum Gasteiger partial charge on any atom is 0.223 e. The van der Waals surface area contributed by atoms with Gasteiger partial charge >= 0.3 is 0 Å². The molecule has 0 radical (unpaired) electrons. The zero-order chi connectivity index (χ0) is 17.8. The molecule has 0 aromatic carbocycles. The largest absolute Gasteiger partial charge is 0.340 e. The molecule has 0 aliphatic carbocycles. The number of aromatic nitrogens is 4. The summed E-state index contributed by atoms with van der Waals surface area (Å²) in [6.07, 6.45) is 3.63. The van der Waals surface area contributed by atoms with Gasteiger partial charge in [0.25, 0.3) is 0 Å². The van der Waals surface area contributed by atoms with Crippen LogP contribution in [0, 0.1) is 20.8 Å². The van der Waals surface area contributed by atoms with E-state index in [0.29, 0.717) is 11.9 Å². The van der Waals surface area contributed by atoms with E-state index in [1.807, 2.05) is 6.92 Å². The Morgan fingerprint density at radius 2 is 2.08 bits per heavy atom. The minimum Gasteiger partial charge on any atom is -0.340 e. The second kappa shape index (κ2) is 8.10. The SMILES string of the molecule is CCN(Cc1noc(C)n1)[C@@H]1CCCN(Cc2c(C)n[nH]c2C)CC1. The number of H-pyrrole nitrogens is 1. The summed E-state index contributed by atoms with van der Waals surface area (Å²) in [5, 5.41) is 11.5. The molecule has 3 heterocycles. The number of nitrogens with one attached hydrogen (secondary N) is 1. The average molecular weight is 346 g/mol. The first-order valence-corrected chi connectivity index (χ1v) is 9.32. The molecule has 1 aliphatic rings. The van der Waals surface area contributed by atoms with Gasteiger partial charge in [-0.05, 0) is 52.7 Å². The third-order valence-corrected chi connectivity index (χ3v) is 5.29. The number of aryl methyl sites for hydroxylation is 3. The smallest absolute Gasteiger partial charge is 0.223 e. The van der Waals surface area contributed by atoms with Crippen molar-refractivity contribution in [1.29, 1.82) is 0 Å². The Bertz CT molecular complexity index is 659. The Labute approximate surface area is 149 Å². The Balaban J connectivity index is 1.58. The van der Waals surface area contributed by atoms with Crippen molar-refractivity contribution >= 4 is 0 Å². The minimum absolute atomic E-state index is 0.584. The van der Waals surface area contributed by atoms with Gasteiger partial charge in [0.2, 0.25) is 5.89 Å². The van der Waals surface area contributed by atoms with E-state index in [-0.39, 0.29) is 0 Å². The Morgan fingerprint density at radius 1 is 1.24 bits per heavy atom. The van der Waals surface area contributed by atoms with E-state index in [2.05, 4.69) is 50.9 Å². The van der Waals surface area contributed by atoms with E-state index in [0.717, 1.165) is 44.2 Å². The predicted octanol–water partition coefficient (Wildman–Crippen LogP) is 2.59. The Morgan fingerprint density at radius 3 is 2.72 bits per heavy atom. The second-order valence-electron chi connectivity index (χ2n) is 7.07. The first-order chi connectivity index (χ1) is 12.1. The summed E-state index contributed by atoms with van der Waals surface area (Å²) < 4.78 is 5.12. The highest BCUT2D eigenvalue weighted by Crippen LogP contribution is 2.21. The van der Waals surface area contributed by atoms with Gasteiger partial charge in [-0.15, -0.1) is 0 Å². The molecule has 1 fully saturated rings. The van der Waals surface area contributed by atoms with E-state index in [1.54, 1.807) is 0 Å².